The Hall–Kier alpha value is -1.55. The summed E-state index contributed by atoms with van der Waals surface area (Å²) in [6, 6.07) is 9.67. The van der Waals surface area contributed by atoms with Crippen molar-refractivity contribution in [2.75, 3.05) is 0 Å². The fourth-order valence-electron chi connectivity index (χ4n) is 2.70. The molecular formula is C17H25NO3. The first-order valence-electron chi connectivity index (χ1n) is 7.58. The Morgan fingerprint density at radius 1 is 1.29 bits per heavy atom. The Bertz CT molecular complexity index is 467. The molecule has 0 spiro atoms. The van der Waals surface area contributed by atoms with Crippen LogP contribution in [0.1, 0.15) is 45.6 Å². The maximum Gasteiger partial charge on any atom is 0.410 e. The minimum Gasteiger partial charge on any atom is -0.444 e. The molecule has 1 fully saturated rings. The highest BCUT2D eigenvalue weighted by Gasteiger charge is 2.35. The van der Waals surface area contributed by atoms with Gasteiger partial charge in [-0.15, -0.1) is 0 Å². The number of ether oxygens (including phenoxy) is 1. The summed E-state index contributed by atoms with van der Waals surface area (Å²) in [6.45, 7) is 6.04. The lowest BCUT2D eigenvalue weighted by atomic mass is 10.1. The molecule has 1 aromatic rings. The van der Waals surface area contributed by atoms with E-state index >= 15 is 0 Å². The molecule has 1 aromatic carbocycles. The van der Waals surface area contributed by atoms with Gasteiger partial charge in [-0.3, -0.25) is 4.90 Å². The van der Waals surface area contributed by atoms with Crippen molar-refractivity contribution in [3.63, 3.8) is 0 Å². The predicted octanol–water partition coefficient (Wildman–Crippen LogP) is 3.34. The van der Waals surface area contributed by atoms with E-state index in [0.29, 0.717) is 6.54 Å². The van der Waals surface area contributed by atoms with Gasteiger partial charge in [0.25, 0.3) is 0 Å². The van der Waals surface area contributed by atoms with E-state index in [1.165, 1.54) is 0 Å². The van der Waals surface area contributed by atoms with Crippen LogP contribution in [0.15, 0.2) is 30.3 Å². The second-order valence-corrected chi connectivity index (χ2v) is 6.66. The van der Waals surface area contributed by atoms with Crippen LogP contribution in [0.25, 0.3) is 0 Å². The van der Waals surface area contributed by atoms with Gasteiger partial charge in [-0.05, 0) is 45.6 Å². The third-order valence-electron chi connectivity index (χ3n) is 3.67. The summed E-state index contributed by atoms with van der Waals surface area (Å²) in [6.07, 6.45) is 1.71. The zero-order chi connectivity index (χ0) is 15.5. The van der Waals surface area contributed by atoms with Gasteiger partial charge < -0.3 is 9.84 Å². The molecule has 116 valence electrons. The molecule has 0 heterocycles. The number of carbonyl (C=O) groups is 1. The van der Waals surface area contributed by atoms with Crippen LogP contribution < -0.4 is 0 Å². The number of aliphatic hydroxyl groups excluding tert-OH is 1. The number of hydrogen-bond acceptors (Lipinski definition) is 3. The topological polar surface area (TPSA) is 49.8 Å². The largest absolute Gasteiger partial charge is 0.444 e. The first-order chi connectivity index (χ1) is 9.87. The molecule has 1 aliphatic rings. The van der Waals surface area contributed by atoms with Crippen molar-refractivity contribution >= 4 is 6.09 Å². The first kappa shape index (κ1) is 15.8. The van der Waals surface area contributed by atoms with Gasteiger partial charge in [0.05, 0.1) is 12.1 Å². The van der Waals surface area contributed by atoms with Gasteiger partial charge in [0.1, 0.15) is 5.60 Å². The number of aliphatic hydroxyl groups is 1. The zero-order valence-corrected chi connectivity index (χ0v) is 13.1. The lowest BCUT2D eigenvalue weighted by molar-refractivity contribution is -0.00191. The Balaban J connectivity index is 2.16. The Labute approximate surface area is 126 Å². The molecule has 0 aromatic heterocycles. The fraction of sp³-hybridized carbons (Fsp3) is 0.588. The van der Waals surface area contributed by atoms with Crippen molar-refractivity contribution in [1.29, 1.82) is 0 Å². The van der Waals surface area contributed by atoms with Crippen molar-refractivity contribution < 1.29 is 14.6 Å². The molecule has 21 heavy (non-hydrogen) atoms. The number of amides is 1. The van der Waals surface area contributed by atoms with Crippen molar-refractivity contribution in [2.24, 2.45) is 0 Å². The van der Waals surface area contributed by atoms with Crippen LogP contribution in [-0.2, 0) is 11.3 Å². The van der Waals surface area contributed by atoms with Crippen LogP contribution >= 0.6 is 0 Å². The van der Waals surface area contributed by atoms with Gasteiger partial charge >= 0.3 is 6.09 Å². The number of rotatable bonds is 3. The van der Waals surface area contributed by atoms with Crippen LogP contribution in [-0.4, -0.2) is 33.8 Å². The van der Waals surface area contributed by atoms with E-state index < -0.39 is 11.7 Å². The quantitative estimate of drug-likeness (QED) is 0.929. The lowest BCUT2D eigenvalue weighted by Gasteiger charge is -2.33. The third kappa shape index (κ3) is 4.46. The molecule has 2 atom stereocenters. The summed E-state index contributed by atoms with van der Waals surface area (Å²) in [7, 11) is 0. The minimum atomic E-state index is -0.532. The monoisotopic (exact) mass is 291 g/mol. The molecule has 4 nitrogen and oxygen atoms in total. The van der Waals surface area contributed by atoms with Crippen LogP contribution in [0.4, 0.5) is 4.79 Å². The number of nitrogens with zero attached hydrogens (tertiary/aromatic N) is 1. The number of hydrogen-bond donors (Lipinski definition) is 1. The second-order valence-electron chi connectivity index (χ2n) is 6.66. The number of carbonyl (C=O) groups excluding carboxylic acids is 1. The van der Waals surface area contributed by atoms with E-state index in [4.69, 9.17) is 4.74 Å². The van der Waals surface area contributed by atoms with E-state index in [-0.39, 0.29) is 12.1 Å². The molecule has 1 amide bonds. The molecule has 1 N–H and O–H groups in total. The number of benzene rings is 1. The Morgan fingerprint density at radius 2 is 1.95 bits per heavy atom. The summed E-state index contributed by atoms with van der Waals surface area (Å²) < 4.78 is 5.51. The van der Waals surface area contributed by atoms with Crippen LogP contribution in [0, 0.1) is 0 Å². The summed E-state index contributed by atoms with van der Waals surface area (Å²) in [4.78, 5) is 14.2. The van der Waals surface area contributed by atoms with Crippen LogP contribution in [0.2, 0.25) is 0 Å². The molecule has 2 rings (SSSR count). The van der Waals surface area contributed by atoms with Gasteiger partial charge in [0, 0.05) is 6.54 Å². The molecule has 0 saturated heterocycles. The summed E-state index contributed by atoms with van der Waals surface area (Å²) in [5.74, 6) is 0. The predicted molar refractivity (Wildman–Crippen MR) is 81.9 cm³/mol. The third-order valence-corrected chi connectivity index (χ3v) is 3.67. The summed E-state index contributed by atoms with van der Waals surface area (Å²) >= 11 is 0. The molecule has 1 saturated carbocycles. The Kier molecular flexibility index (Phi) is 4.88. The molecule has 0 aliphatic heterocycles. The van der Waals surface area contributed by atoms with E-state index in [1.54, 1.807) is 4.90 Å². The SMILES string of the molecule is CC(C)(C)OC(=O)N(Cc1ccccc1)C1CCCC1O. The molecular weight excluding hydrogens is 266 g/mol. The summed E-state index contributed by atoms with van der Waals surface area (Å²) in [5.41, 5.74) is 0.512. The van der Waals surface area contributed by atoms with Crippen molar-refractivity contribution in [3.8, 4) is 0 Å². The van der Waals surface area contributed by atoms with E-state index in [9.17, 15) is 9.90 Å². The maximum absolute atomic E-state index is 12.5. The zero-order valence-electron chi connectivity index (χ0n) is 13.1. The van der Waals surface area contributed by atoms with E-state index in [1.807, 2.05) is 51.1 Å². The first-order valence-corrected chi connectivity index (χ1v) is 7.58. The molecule has 4 heteroatoms. The van der Waals surface area contributed by atoms with Crippen LogP contribution in [0.3, 0.4) is 0 Å². The lowest BCUT2D eigenvalue weighted by Crippen LogP contribution is -2.46. The van der Waals surface area contributed by atoms with Crippen molar-refractivity contribution in [1.82, 2.24) is 4.90 Å². The standard InChI is InChI=1S/C17H25NO3/c1-17(2,3)21-16(20)18(14-10-7-11-15(14)19)12-13-8-5-4-6-9-13/h4-6,8-9,14-15,19H,7,10-12H2,1-3H3. The van der Waals surface area contributed by atoms with E-state index in [0.717, 1.165) is 24.8 Å². The smallest absolute Gasteiger partial charge is 0.410 e. The van der Waals surface area contributed by atoms with Gasteiger partial charge in [-0.1, -0.05) is 30.3 Å². The van der Waals surface area contributed by atoms with Crippen LogP contribution in [0.5, 0.6) is 0 Å². The second kappa shape index (κ2) is 6.48. The van der Waals surface area contributed by atoms with Gasteiger partial charge in [-0.25, -0.2) is 4.79 Å². The summed E-state index contributed by atoms with van der Waals surface area (Å²) in [5, 5.41) is 10.1. The van der Waals surface area contributed by atoms with Gasteiger partial charge in [-0.2, -0.15) is 0 Å². The maximum atomic E-state index is 12.5. The Morgan fingerprint density at radius 3 is 2.48 bits per heavy atom. The highest BCUT2D eigenvalue weighted by molar-refractivity contribution is 5.68. The average Bonchev–Trinajstić information content (AvgIpc) is 2.81. The fourth-order valence-corrected chi connectivity index (χ4v) is 2.70. The van der Waals surface area contributed by atoms with Crippen molar-refractivity contribution in [2.45, 2.75) is 64.3 Å². The van der Waals surface area contributed by atoms with Crippen molar-refractivity contribution in [3.05, 3.63) is 35.9 Å². The molecule has 1 aliphatic carbocycles. The normalized spacial score (nSPS) is 22.1. The highest BCUT2D eigenvalue weighted by atomic mass is 16.6. The molecule has 0 radical (unpaired) electrons. The highest BCUT2D eigenvalue weighted by Crippen LogP contribution is 2.27. The molecule has 0 bridgehead atoms. The van der Waals surface area contributed by atoms with E-state index in [2.05, 4.69) is 0 Å². The van der Waals surface area contributed by atoms with Gasteiger partial charge in [0.2, 0.25) is 0 Å². The van der Waals surface area contributed by atoms with Gasteiger partial charge in [0.15, 0.2) is 0 Å². The molecule has 2 unspecified atom stereocenters. The minimum absolute atomic E-state index is 0.153. The average molecular weight is 291 g/mol.